The molecule has 3 aromatic rings. The van der Waals surface area contributed by atoms with Crippen molar-refractivity contribution in [1.82, 2.24) is 15.4 Å². The van der Waals surface area contributed by atoms with Gasteiger partial charge in [-0.3, -0.25) is 9.78 Å². The van der Waals surface area contributed by atoms with Gasteiger partial charge in [-0.1, -0.05) is 30.3 Å². The van der Waals surface area contributed by atoms with Gasteiger partial charge in [0.2, 0.25) is 0 Å². The van der Waals surface area contributed by atoms with Crippen molar-refractivity contribution in [2.24, 2.45) is 5.10 Å². The Labute approximate surface area is 161 Å². The van der Waals surface area contributed by atoms with Crippen LogP contribution in [0.1, 0.15) is 21.6 Å². The van der Waals surface area contributed by atoms with Gasteiger partial charge in [0, 0.05) is 18.5 Å². The summed E-state index contributed by atoms with van der Waals surface area (Å²) in [5, 5.41) is 3.86. The number of ether oxygens (including phenoxy) is 1. The fraction of sp³-hybridized carbons (Fsp3) is 0. The summed E-state index contributed by atoms with van der Waals surface area (Å²) in [6.45, 7) is 0. The smallest absolute Gasteiger partial charge is 0.336 e. The third-order valence-electron chi connectivity index (χ3n) is 3.49. The monoisotopic (exact) mass is 372 g/mol. The predicted molar refractivity (Wildman–Crippen MR) is 105 cm³/mol. The molecule has 2 aromatic carbocycles. The molecule has 0 spiro atoms. The van der Waals surface area contributed by atoms with Crippen LogP contribution in [0.5, 0.6) is 5.75 Å². The first-order valence-electron chi connectivity index (χ1n) is 8.35. The van der Waals surface area contributed by atoms with E-state index in [9.17, 15) is 9.59 Å². The Morgan fingerprint density at radius 1 is 0.964 bits per heavy atom. The summed E-state index contributed by atoms with van der Waals surface area (Å²) < 4.78 is 5.24. The molecule has 0 aliphatic heterocycles. The summed E-state index contributed by atoms with van der Waals surface area (Å²) in [5.74, 6) is -0.523. The highest BCUT2D eigenvalue weighted by atomic mass is 16.5. The molecule has 1 aromatic heterocycles. The van der Waals surface area contributed by atoms with Crippen molar-refractivity contribution in [3.05, 3.63) is 96.1 Å². The number of carbonyl (C=O) groups is 2. The first kappa shape index (κ1) is 18.7. The van der Waals surface area contributed by atoms with Gasteiger partial charge in [0.25, 0.3) is 5.91 Å². The molecular formula is C21H16N4O3. The average molecular weight is 372 g/mol. The molecule has 138 valence electrons. The fourth-order valence-electron chi connectivity index (χ4n) is 2.14. The molecule has 0 saturated heterocycles. The Morgan fingerprint density at radius 3 is 2.46 bits per heavy atom. The molecule has 7 nitrogen and oxygen atoms in total. The number of benzene rings is 2. The van der Waals surface area contributed by atoms with Crippen molar-refractivity contribution in [3.63, 3.8) is 0 Å². The number of carbonyl (C=O) groups excluding carboxylic acids is 2. The van der Waals surface area contributed by atoms with Crippen LogP contribution < -0.4 is 10.2 Å². The SMILES string of the molecule is O=C(/C=C/c1ccccc1)Oc1ccc(/C=N/NC(=O)c2cnccn2)cc1. The van der Waals surface area contributed by atoms with Gasteiger partial charge in [-0.05, 0) is 41.5 Å². The number of hydrogen-bond donors (Lipinski definition) is 1. The summed E-state index contributed by atoms with van der Waals surface area (Å²) in [7, 11) is 0. The van der Waals surface area contributed by atoms with Crippen molar-refractivity contribution in [3.8, 4) is 5.75 Å². The molecule has 0 aliphatic carbocycles. The normalized spacial score (nSPS) is 10.9. The minimum Gasteiger partial charge on any atom is -0.423 e. The van der Waals surface area contributed by atoms with Crippen molar-refractivity contribution in [2.45, 2.75) is 0 Å². The molecule has 1 heterocycles. The van der Waals surface area contributed by atoms with Crippen LogP contribution in [0, 0.1) is 0 Å². The number of aromatic nitrogens is 2. The quantitative estimate of drug-likeness (QED) is 0.236. The lowest BCUT2D eigenvalue weighted by Crippen LogP contribution is -2.19. The van der Waals surface area contributed by atoms with Crippen LogP contribution in [-0.2, 0) is 4.79 Å². The van der Waals surface area contributed by atoms with Gasteiger partial charge < -0.3 is 4.74 Å². The molecule has 28 heavy (non-hydrogen) atoms. The first-order chi connectivity index (χ1) is 13.7. The molecular weight excluding hydrogens is 356 g/mol. The largest absolute Gasteiger partial charge is 0.423 e. The van der Waals surface area contributed by atoms with E-state index < -0.39 is 11.9 Å². The Kier molecular flexibility index (Phi) is 6.35. The Bertz CT molecular complexity index is 985. The van der Waals surface area contributed by atoms with Crippen LogP contribution in [0.2, 0.25) is 0 Å². The second-order valence-electron chi connectivity index (χ2n) is 5.52. The van der Waals surface area contributed by atoms with Gasteiger partial charge in [-0.15, -0.1) is 0 Å². The highest BCUT2D eigenvalue weighted by Crippen LogP contribution is 2.12. The summed E-state index contributed by atoms with van der Waals surface area (Å²) in [6.07, 6.45) is 8.77. The lowest BCUT2D eigenvalue weighted by Gasteiger charge is -2.02. The zero-order valence-electron chi connectivity index (χ0n) is 14.7. The molecule has 1 amide bonds. The number of hydrazone groups is 1. The van der Waals surface area contributed by atoms with E-state index in [2.05, 4.69) is 20.5 Å². The molecule has 3 rings (SSSR count). The summed E-state index contributed by atoms with van der Waals surface area (Å²) in [6, 6.07) is 16.2. The van der Waals surface area contributed by atoms with E-state index in [1.54, 1.807) is 30.3 Å². The zero-order chi connectivity index (χ0) is 19.6. The topological polar surface area (TPSA) is 93.5 Å². The van der Waals surface area contributed by atoms with Gasteiger partial charge in [0.15, 0.2) is 0 Å². The minimum atomic E-state index is -0.471. The highest BCUT2D eigenvalue weighted by molar-refractivity contribution is 5.92. The van der Waals surface area contributed by atoms with Crippen molar-refractivity contribution < 1.29 is 14.3 Å². The number of amides is 1. The predicted octanol–water partition coefficient (Wildman–Crippen LogP) is 2.86. The molecule has 0 saturated carbocycles. The fourth-order valence-corrected chi connectivity index (χ4v) is 2.14. The molecule has 7 heteroatoms. The Morgan fingerprint density at radius 2 is 1.75 bits per heavy atom. The molecule has 0 atom stereocenters. The van der Waals surface area contributed by atoms with Crippen molar-refractivity contribution in [1.29, 1.82) is 0 Å². The van der Waals surface area contributed by atoms with Crippen LogP contribution in [0.3, 0.4) is 0 Å². The lowest BCUT2D eigenvalue weighted by molar-refractivity contribution is -0.128. The van der Waals surface area contributed by atoms with E-state index in [0.29, 0.717) is 5.75 Å². The van der Waals surface area contributed by atoms with Crippen molar-refractivity contribution in [2.75, 3.05) is 0 Å². The number of nitrogens with zero attached hydrogens (tertiary/aromatic N) is 3. The maximum atomic E-state index is 11.9. The lowest BCUT2D eigenvalue weighted by atomic mass is 10.2. The number of hydrogen-bond acceptors (Lipinski definition) is 6. The van der Waals surface area contributed by atoms with Gasteiger partial charge >= 0.3 is 5.97 Å². The van der Waals surface area contributed by atoms with Crippen LogP contribution in [0.25, 0.3) is 6.08 Å². The molecule has 0 unspecified atom stereocenters. The molecule has 1 N–H and O–H groups in total. The Hall–Kier alpha value is -4.13. The number of rotatable bonds is 6. The van der Waals surface area contributed by atoms with E-state index in [0.717, 1.165) is 11.1 Å². The number of nitrogens with one attached hydrogen (secondary N) is 1. The summed E-state index contributed by atoms with van der Waals surface area (Å²) in [4.78, 5) is 31.3. The minimum absolute atomic E-state index is 0.172. The standard InChI is InChI=1S/C21H16N4O3/c26-20(11-8-16-4-2-1-3-5-16)28-18-9-6-17(7-10-18)14-24-25-21(27)19-15-22-12-13-23-19/h1-15H,(H,25,27)/b11-8+,24-14+. The molecule has 0 aliphatic rings. The first-order valence-corrected chi connectivity index (χ1v) is 8.35. The summed E-state index contributed by atoms with van der Waals surface area (Å²) in [5.41, 5.74) is 4.16. The van der Waals surface area contributed by atoms with Gasteiger partial charge in [0.1, 0.15) is 11.4 Å². The third-order valence-corrected chi connectivity index (χ3v) is 3.49. The van der Waals surface area contributed by atoms with E-state index in [-0.39, 0.29) is 5.69 Å². The maximum Gasteiger partial charge on any atom is 0.336 e. The van der Waals surface area contributed by atoms with Crippen LogP contribution >= 0.6 is 0 Å². The van der Waals surface area contributed by atoms with Crippen molar-refractivity contribution >= 4 is 24.2 Å². The van der Waals surface area contributed by atoms with E-state index in [1.807, 2.05) is 30.3 Å². The Balaban J connectivity index is 1.51. The number of esters is 1. The van der Waals surface area contributed by atoms with Gasteiger partial charge in [-0.25, -0.2) is 15.2 Å². The molecule has 0 bridgehead atoms. The van der Waals surface area contributed by atoms with Crippen LogP contribution in [-0.4, -0.2) is 28.1 Å². The maximum absolute atomic E-state index is 11.9. The highest BCUT2D eigenvalue weighted by Gasteiger charge is 2.04. The second-order valence-corrected chi connectivity index (χ2v) is 5.52. The van der Waals surface area contributed by atoms with Crippen LogP contribution in [0.15, 0.2) is 84.4 Å². The van der Waals surface area contributed by atoms with Gasteiger partial charge in [0.05, 0.1) is 12.4 Å². The van der Waals surface area contributed by atoms with Crippen LogP contribution in [0.4, 0.5) is 0 Å². The van der Waals surface area contributed by atoms with E-state index in [1.165, 1.54) is 30.9 Å². The molecule has 0 fully saturated rings. The van der Waals surface area contributed by atoms with Gasteiger partial charge in [-0.2, -0.15) is 5.10 Å². The zero-order valence-corrected chi connectivity index (χ0v) is 14.7. The van der Waals surface area contributed by atoms with E-state index >= 15 is 0 Å². The summed E-state index contributed by atoms with van der Waals surface area (Å²) >= 11 is 0. The van der Waals surface area contributed by atoms with E-state index in [4.69, 9.17) is 4.74 Å². The second kappa shape index (κ2) is 9.54. The average Bonchev–Trinajstić information content (AvgIpc) is 2.75. The molecule has 0 radical (unpaired) electrons. The third kappa shape index (κ3) is 5.70.